The quantitative estimate of drug-likeness (QED) is 0.864. The Labute approximate surface area is 128 Å². The summed E-state index contributed by atoms with van der Waals surface area (Å²) in [5, 5.41) is 8.52. The summed E-state index contributed by atoms with van der Waals surface area (Å²) in [6.45, 7) is 5.68. The van der Waals surface area contributed by atoms with Gasteiger partial charge in [-0.15, -0.1) is 5.10 Å². The maximum Gasteiger partial charge on any atom is 0.295 e. The van der Waals surface area contributed by atoms with E-state index < -0.39 is 23.2 Å². The molecule has 21 heavy (non-hydrogen) atoms. The Bertz CT molecular complexity index is 671. The van der Waals surface area contributed by atoms with E-state index in [2.05, 4.69) is 36.4 Å². The maximum absolute atomic E-state index is 13.6. The molecule has 0 unspecified atom stereocenters. The van der Waals surface area contributed by atoms with Crippen molar-refractivity contribution in [1.29, 1.82) is 0 Å². The van der Waals surface area contributed by atoms with Crippen LogP contribution in [0.1, 0.15) is 37.2 Å². The number of hydrogen-bond donors (Lipinski definition) is 2. The van der Waals surface area contributed by atoms with Crippen molar-refractivity contribution in [3.05, 3.63) is 39.9 Å². The van der Waals surface area contributed by atoms with Crippen molar-refractivity contribution in [1.82, 2.24) is 15.2 Å². The number of anilines is 1. The van der Waals surface area contributed by atoms with E-state index in [1.54, 1.807) is 0 Å². The molecule has 0 saturated heterocycles. The molecule has 2 rings (SSSR count). The Balaban J connectivity index is 2.25. The van der Waals surface area contributed by atoms with Gasteiger partial charge >= 0.3 is 0 Å². The normalized spacial score (nSPS) is 11.5. The molecule has 1 aromatic carbocycles. The van der Waals surface area contributed by atoms with Crippen molar-refractivity contribution in [2.75, 3.05) is 5.32 Å². The highest BCUT2D eigenvalue weighted by atomic mass is 79.9. The molecule has 1 aromatic heterocycles. The number of carbonyl (C=O) groups excluding carboxylic acids is 1. The number of aromatic nitrogens is 3. The molecule has 8 heteroatoms. The van der Waals surface area contributed by atoms with Gasteiger partial charge in [-0.2, -0.15) is 0 Å². The number of rotatable bonds is 2. The lowest BCUT2D eigenvalue weighted by molar-refractivity contribution is 0.101. The fourth-order valence-electron chi connectivity index (χ4n) is 1.53. The van der Waals surface area contributed by atoms with Gasteiger partial charge in [0.1, 0.15) is 11.5 Å². The molecule has 0 aliphatic carbocycles. The van der Waals surface area contributed by atoms with Crippen molar-refractivity contribution in [2.45, 2.75) is 26.2 Å². The van der Waals surface area contributed by atoms with Crippen LogP contribution >= 0.6 is 15.9 Å². The first kappa shape index (κ1) is 15.6. The Hall–Kier alpha value is -1.83. The largest absolute Gasteiger partial charge is 0.314 e. The van der Waals surface area contributed by atoms with Gasteiger partial charge in [-0.1, -0.05) is 36.7 Å². The molecular weight excluding hydrogens is 346 g/mol. The number of hydrogen-bond acceptors (Lipinski definition) is 3. The summed E-state index contributed by atoms with van der Waals surface area (Å²) < 4.78 is 27.5. The maximum atomic E-state index is 13.6. The van der Waals surface area contributed by atoms with Crippen LogP contribution in [-0.2, 0) is 5.41 Å². The summed E-state index contributed by atoms with van der Waals surface area (Å²) in [4.78, 5) is 16.0. The molecule has 0 radical (unpaired) electrons. The molecule has 0 atom stereocenters. The molecule has 0 saturated carbocycles. The predicted octanol–water partition coefficient (Wildman–Crippen LogP) is 3.40. The Morgan fingerprint density at radius 1 is 1.29 bits per heavy atom. The van der Waals surface area contributed by atoms with Crippen LogP contribution in [0.5, 0.6) is 0 Å². The lowest BCUT2D eigenvalue weighted by Crippen LogP contribution is -2.17. The lowest BCUT2D eigenvalue weighted by Gasteiger charge is -2.12. The topological polar surface area (TPSA) is 70.7 Å². The fraction of sp³-hybridized carbons (Fsp3) is 0.308. The van der Waals surface area contributed by atoms with Crippen LogP contribution in [0.15, 0.2) is 16.6 Å². The first-order chi connectivity index (χ1) is 9.68. The van der Waals surface area contributed by atoms with E-state index in [0.717, 1.165) is 12.1 Å². The third-order valence-corrected chi connectivity index (χ3v) is 3.10. The van der Waals surface area contributed by atoms with Gasteiger partial charge in [-0.3, -0.25) is 9.89 Å². The van der Waals surface area contributed by atoms with Crippen molar-refractivity contribution in [3.8, 4) is 0 Å². The molecule has 1 heterocycles. The number of halogens is 3. The standard InChI is InChI=1S/C13H13BrF2N4O/c1-13(2,3)12-18-10(19-20-12)11(21)17-9-7(15)4-6(14)5-8(9)16/h4-5H,1-3H3,(H,17,21)(H,18,19,20). The lowest BCUT2D eigenvalue weighted by atomic mass is 9.96. The summed E-state index contributed by atoms with van der Waals surface area (Å²) in [5.74, 6) is -2.24. The van der Waals surface area contributed by atoms with Crippen molar-refractivity contribution < 1.29 is 13.6 Å². The number of aromatic amines is 1. The number of benzene rings is 1. The molecule has 112 valence electrons. The van der Waals surface area contributed by atoms with Crippen LogP contribution in [0, 0.1) is 11.6 Å². The predicted molar refractivity (Wildman–Crippen MR) is 77.1 cm³/mol. The van der Waals surface area contributed by atoms with Gasteiger partial charge in [0.25, 0.3) is 5.91 Å². The highest BCUT2D eigenvalue weighted by Crippen LogP contribution is 2.24. The summed E-state index contributed by atoms with van der Waals surface area (Å²) >= 11 is 2.96. The second kappa shape index (κ2) is 5.51. The zero-order valence-electron chi connectivity index (χ0n) is 11.6. The van der Waals surface area contributed by atoms with E-state index in [4.69, 9.17) is 0 Å². The number of nitrogens with zero attached hydrogens (tertiary/aromatic N) is 2. The molecule has 1 amide bonds. The monoisotopic (exact) mass is 358 g/mol. The molecule has 0 fully saturated rings. The minimum absolute atomic E-state index is 0.179. The highest BCUT2D eigenvalue weighted by molar-refractivity contribution is 9.10. The van der Waals surface area contributed by atoms with Gasteiger partial charge < -0.3 is 5.32 Å². The molecule has 0 bridgehead atoms. The van der Waals surface area contributed by atoms with Gasteiger partial charge in [-0.25, -0.2) is 13.8 Å². The fourth-order valence-corrected chi connectivity index (χ4v) is 1.93. The zero-order chi connectivity index (χ0) is 15.8. The molecule has 2 aromatic rings. The van der Waals surface area contributed by atoms with E-state index in [9.17, 15) is 13.6 Å². The van der Waals surface area contributed by atoms with Gasteiger partial charge in [0.2, 0.25) is 5.82 Å². The molecular formula is C13H13BrF2N4O. The second-order valence-electron chi connectivity index (χ2n) is 5.46. The van der Waals surface area contributed by atoms with Crippen LogP contribution in [0.3, 0.4) is 0 Å². The summed E-state index contributed by atoms with van der Waals surface area (Å²) in [6.07, 6.45) is 0. The van der Waals surface area contributed by atoms with Crippen LogP contribution in [0.4, 0.5) is 14.5 Å². The third kappa shape index (κ3) is 3.44. The number of nitrogens with one attached hydrogen (secondary N) is 2. The van der Waals surface area contributed by atoms with Crippen molar-refractivity contribution in [3.63, 3.8) is 0 Å². The van der Waals surface area contributed by atoms with Gasteiger partial charge in [0.15, 0.2) is 11.6 Å². The van der Waals surface area contributed by atoms with Crippen LogP contribution in [0.2, 0.25) is 0 Å². The van der Waals surface area contributed by atoms with Crippen LogP contribution in [-0.4, -0.2) is 21.1 Å². The summed E-state index contributed by atoms with van der Waals surface area (Å²) in [5.41, 5.74) is -0.857. The van der Waals surface area contributed by atoms with Gasteiger partial charge in [0, 0.05) is 9.89 Å². The molecule has 2 N–H and O–H groups in total. The minimum Gasteiger partial charge on any atom is -0.314 e. The second-order valence-corrected chi connectivity index (χ2v) is 6.37. The van der Waals surface area contributed by atoms with E-state index in [1.165, 1.54) is 0 Å². The van der Waals surface area contributed by atoms with E-state index in [0.29, 0.717) is 5.82 Å². The summed E-state index contributed by atoms with van der Waals surface area (Å²) in [6, 6.07) is 2.11. The zero-order valence-corrected chi connectivity index (χ0v) is 13.2. The smallest absolute Gasteiger partial charge is 0.295 e. The minimum atomic E-state index is -0.887. The number of amides is 1. The van der Waals surface area contributed by atoms with Gasteiger partial charge in [0.05, 0.1) is 0 Å². The Kier molecular flexibility index (Phi) is 4.08. The molecule has 5 nitrogen and oxygen atoms in total. The first-order valence-corrected chi connectivity index (χ1v) is 6.86. The van der Waals surface area contributed by atoms with E-state index in [-0.39, 0.29) is 15.7 Å². The number of H-pyrrole nitrogens is 1. The SMILES string of the molecule is CC(C)(C)c1nc(C(=O)Nc2c(F)cc(Br)cc2F)n[nH]1. The summed E-state index contributed by atoms with van der Waals surface area (Å²) in [7, 11) is 0. The molecule has 0 spiro atoms. The number of carbonyl (C=O) groups is 1. The average molecular weight is 359 g/mol. The van der Waals surface area contributed by atoms with Crippen LogP contribution in [0.25, 0.3) is 0 Å². The highest BCUT2D eigenvalue weighted by Gasteiger charge is 2.22. The van der Waals surface area contributed by atoms with Crippen LogP contribution < -0.4 is 5.32 Å². The molecule has 0 aliphatic rings. The van der Waals surface area contributed by atoms with Crippen molar-refractivity contribution in [2.24, 2.45) is 0 Å². The Morgan fingerprint density at radius 3 is 2.33 bits per heavy atom. The third-order valence-electron chi connectivity index (χ3n) is 2.64. The molecule has 0 aliphatic heterocycles. The Morgan fingerprint density at radius 2 is 1.86 bits per heavy atom. The van der Waals surface area contributed by atoms with E-state index >= 15 is 0 Å². The average Bonchev–Trinajstić information content (AvgIpc) is 2.82. The van der Waals surface area contributed by atoms with Crippen molar-refractivity contribution >= 4 is 27.5 Å². The van der Waals surface area contributed by atoms with Gasteiger partial charge in [-0.05, 0) is 12.1 Å². The van der Waals surface area contributed by atoms with E-state index in [1.807, 2.05) is 20.8 Å². The first-order valence-electron chi connectivity index (χ1n) is 6.07.